The molecule has 1 unspecified atom stereocenters. The maximum absolute atomic E-state index is 10.0. The van der Waals surface area contributed by atoms with Gasteiger partial charge in [0.25, 0.3) is 0 Å². The summed E-state index contributed by atoms with van der Waals surface area (Å²) in [6.07, 6.45) is 4.60. The van der Waals surface area contributed by atoms with E-state index in [4.69, 9.17) is 5.41 Å². The van der Waals surface area contributed by atoms with Gasteiger partial charge in [0.05, 0.1) is 29.8 Å². The van der Waals surface area contributed by atoms with Crippen molar-refractivity contribution in [3.8, 4) is 18.2 Å². The van der Waals surface area contributed by atoms with E-state index >= 15 is 0 Å². The van der Waals surface area contributed by atoms with Crippen LogP contribution >= 0.6 is 0 Å². The molecule has 0 heterocycles. The number of fused-ring (bicyclic) bond motifs is 1. The van der Waals surface area contributed by atoms with Gasteiger partial charge in [-0.15, -0.1) is 0 Å². The molecule has 1 fully saturated rings. The third-order valence-electron chi connectivity index (χ3n) is 6.97. The molecular formula is C25H28N4. The minimum absolute atomic E-state index is 0.0636. The van der Waals surface area contributed by atoms with Crippen LogP contribution in [-0.2, 0) is 6.42 Å². The number of nitriles is 3. The van der Waals surface area contributed by atoms with Crippen molar-refractivity contribution >= 4 is 5.71 Å². The summed E-state index contributed by atoms with van der Waals surface area (Å²) < 4.78 is 0. The number of hydrogen-bond donors (Lipinski definition) is 1. The Bertz CT molecular complexity index is 943. The highest BCUT2D eigenvalue weighted by Gasteiger charge is 2.57. The average molecular weight is 385 g/mol. The fourth-order valence-corrected chi connectivity index (χ4v) is 5.05. The van der Waals surface area contributed by atoms with Gasteiger partial charge in [-0.2, -0.15) is 15.8 Å². The Morgan fingerprint density at radius 2 is 1.72 bits per heavy atom. The summed E-state index contributed by atoms with van der Waals surface area (Å²) >= 11 is 0. The molecule has 4 heteroatoms. The Balaban J connectivity index is 2.20. The van der Waals surface area contributed by atoms with Crippen LogP contribution in [0.2, 0.25) is 0 Å². The van der Waals surface area contributed by atoms with E-state index in [1.807, 2.05) is 6.08 Å². The van der Waals surface area contributed by atoms with E-state index in [1.54, 1.807) is 0 Å². The first-order chi connectivity index (χ1) is 13.7. The molecule has 1 aromatic rings. The van der Waals surface area contributed by atoms with Crippen LogP contribution in [0.15, 0.2) is 35.9 Å². The Morgan fingerprint density at radius 1 is 1.10 bits per heavy atom. The van der Waals surface area contributed by atoms with Gasteiger partial charge in [-0.1, -0.05) is 58.0 Å². The lowest BCUT2D eigenvalue weighted by Crippen LogP contribution is -2.49. The normalized spacial score (nSPS) is 28.3. The lowest BCUT2D eigenvalue weighted by Gasteiger charge is -2.48. The first kappa shape index (κ1) is 20.8. The van der Waals surface area contributed by atoms with Crippen molar-refractivity contribution in [2.24, 2.45) is 28.6 Å². The molecule has 0 spiro atoms. The zero-order valence-electron chi connectivity index (χ0n) is 17.7. The van der Waals surface area contributed by atoms with Gasteiger partial charge in [0, 0.05) is 5.92 Å². The van der Waals surface area contributed by atoms with Crippen molar-refractivity contribution in [2.75, 3.05) is 0 Å². The lowest BCUT2D eigenvalue weighted by atomic mass is 9.52. The molecule has 1 saturated carbocycles. The Hall–Kier alpha value is -2.90. The molecule has 0 radical (unpaired) electrons. The summed E-state index contributed by atoms with van der Waals surface area (Å²) in [4.78, 5) is 0. The molecule has 2 aliphatic rings. The first-order valence-electron chi connectivity index (χ1n) is 10.3. The van der Waals surface area contributed by atoms with Crippen LogP contribution in [0.1, 0.15) is 57.6 Å². The Morgan fingerprint density at radius 3 is 2.21 bits per heavy atom. The number of hydrogen-bond acceptors (Lipinski definition) is 4. The maximum Gasteiger partial charge on any atom is 0.203 e. The van der Waals surface area contributed by atoms with E-state index in [-0.39, 0.29) is 23.0 Å². The number of allylic oxidation sites excluding steroid dienone is 2. The van der Waals surface area contributed by atoms with Crippen molar-refractivity contribution < 1.29 is 0 Å². The number of aryl methyl sites for hydroxylation is 1. The smallest absolute Gasteiger partial charge is 0.203 e. The van der Waals surface area contributed by atoms with E-state index in [0.717, 1.165) is 30.4 Å². The third kappa shape index (κ3) is 3.26. The minimum atomic E-state index is -1.62. The highest BCUT2D eigenvalue weighted by atomic mass is 14.6. The van der Waals surface area contributed by atoms with Gasteiger partial charge < -0.3 is 5.41 Å². The van der Waals surface area contributed by atoms with Crippen LogP contribution in [0.25, 0.3) is 0 Å². The molecule has 29 heavy (non-hydrogen) atoms. The second kappa shape index (κ2) is 7.50. The minimum Gasteiger partial charge on any atom is -0.305 e. The summed E-state index contributed by atoms with van der Waals surface area (Å²) in [5.74, 6) is -0.666. The van der Waals surface area contributed by atoms with Gasteiger partial charge in [0.15, 0.2) is 0 Å². The summed E-state index contributed by atoms with van der Waals surface area (Å²) in [5, 5.41) is 38.6. The zero-order valence-corrected chi connectivity index (χ0v) is 17.7. The second-order valence-electron chi connectivity index (χ2n) is 9.42. The quantitative estimate of drug-likeness (QED) is 0.678. The molecule has 1 N–H and O–H groups in total. The average Bonchev–Trinajstić information content (AvgIpc) is 2.72. The van der Waals surface area contributed by atoms with Crippen molar-refractivity contribution in [1.82, 2.24) is 0 Å². The van der Waals surface area contributed by atoms with Gasteiger partial charge in [-0.05, 0) is 53.2 Å². The predicted molar refractivity (Wildman–Crippen MR) is 113 cm³/mol. The van der Waals surface area contributed by atoms with Crippen LogP contribution in [0.4, 0.5) is 0 Å². The molecule has 0 amide bonds. The van der Waals surface area contributed by atoms with Crippen LogP contribution < -0.4 is 0 Å². The number of rotatable bonds is 2. The second-order valence-corrected chi connectivity index (χ2v) is 9.42. The van der Waals surface area contributed by atoms with E-state index in [0.29, 0.717) is 5.92 Å². The van der Waals surface area contributed by atoms with Gasteiger partial charge in [-0.3, -0.25) is 0 Å². The highest BCUT2D eigenvalue weighted by Crippen LogP contribution is 2.56. The molecular weight excluding hydrogens is 356 g/mol. The van der Waals surface area contributed by atoms with Crippen molar-refractivity contribution in [3.63, 3.8) is 0 Å². The number of nitrogens with zero attached hydrogens (tertiary/aromatic N) is 3. The van der Waals surface area contributed by atoms with E-state index in [1.165, 1.54) is 5.56 Å². The first-order valence-corrected chi connectivity index (χ1v) is 10.3. The zero-order chi connectivity index (χ0) is 21.4. The Kier molecular flexibility index (Phi) is 5.38. The SMILES string of the molecule is CCc1ccc([C@@H]2C(C#N)C(=N)C(C#N)(C#N)C3=CC[C@@H](C(C)(C)C)C[C@@H]32)cc1. The molecule has 4 atom stereocenters. The summed E-state index contributed by atoms with van der Waals surface area (Å²) in [7, 11) is 0. The van der Waals surface area contributed by atoms with Crippen LogP contribution in [0.5, 0.6) is 0 Å². The van der Waals surface area contributed by atoms with Crippen molar-refractivity contribution in [1.29, 1.82) is 21.2 Å². The van der Waals surface area contributed by atoms with E-state index < -0.39 is 11.3 Å². The maximum atomic E-state index is 10.0. The molecule has 4 nitrogen and oxygen atoms in total. The summed E-state index contributed by atoms with van der Waals surface area (Å²) in [6, 6.07) is 14.8. The number of benzene rings is 1. The molecule has 2 aliphatic carbocycles. The largest absolute Gasteiger partial charge is 0.305 e. The van der Waals surface area contributed by atoms with Crippen molar-refractivity contribution in [3.05, 3.63) is 47.0 Å². The standard InChI is InChI=1S/C25H28N4/c1-5-16-6-8-17(9-7-16)22-19-12-18(24(2,3)4)10-11-21(19)25(14-27,15-28)23(29)20(22)13-26/h6-9,11,18-20,22,29H,5,10,12H2,1-4H3/t18-,19+,20?,22+/m1/s1. The molecule has 1 aromatic carbocycles. The molecule has 0 aliphatic heterocycles. The molecule has 0 bridgehead atoms. The summed E-state index contributed by atoms with van der Waals surface area (Å²) in [5.41, 5.74) is 1.40. The van der Waals surface area contributed by atoms with Crippen LogP contribution in [0.3, 0.4) is 0 Å². The third-order valence-corrected chi connectivity index (χ3v) is 6.97. The van der Waals surface area contributed by atoms with Gasteiger partial charge in [0.2, 0.25) is 5.41 Å². The Labute approximate surface area is 174 Å². The molecule has 148 valence electrons. The topological polar surface area (TPSA) is 95.2 Å². The van der Waals surface area contributed by atoms with Gasteiger partial charge in [0.1, 0.15) is 0 Å². The van der Waals surface area contributed by atoms with E-state index in [2.05, 4.69) is 70.2 Å². The van der Waals surface area contributed by atoms with E-state index in [9.17, 15) is 15.8 Å². The van der Waals surface area contributed by atoms with Crippen LogP contribution in [-0.4, -0.2) is 5.71 Å². The van der Waals surface area contributed by atoms with Crippen LogP contribution in [0, 0.1) is 68.0 Å². The fourth-order valence-electron chi connectivity index (χ4n) is 5.05. The summed E-state index contributed by atoms with van der Waals surface area (Å²) in [6.45, 7) is 8.76. The molecule has 0 saturated heterocycles. The molecule has 3 rings (SSSR count). The monoisotopic (exact) mass is 384 g/mol. The fraction of sp³-hybridized carbons (Fsp3) is 0.520. The highest BCUT2D eigenvalue weighted by molar-refractivity contribution is 6.01. The van der Waals surface area contributed by atoms with Gasteiger partial charge in [-0.25, -0.2) is 0 Å². The van der Waals surface area contributed by atoms with Crippen molar-refractivity contribution in [2.45, 2.75) is 52.9 Å². The number of nitrogens with one attached hydrogen (secondary N) is 1. The molecule has 0 aromatic heterocycles. The lowest BCUT2D eigenvalue weighted by molar-refractivity contribution is 0.171. The predicted octanol–water partition coefficient (Wildman–Crippen LogP) is 5.54. The van der Waals surface area contributed by atoms with Gasteiger partial charge >= 0.3 is 0 Å².